The first kappa shape index (κ1) is 14.5. The van der Waals surface area contributed by atoms with Crippen molar-refractivity contribution in [2.45, 2.75) is 26.2 Å². The Kier molecular flexibility index (Phi) is 6.21. The number of carbonyl (C=O) groups is 1. The first-order valence-electron chi connectivity index (χ1n) is 5.92. The van der Waals surface area contributed by atoms with Gasteiger partial charge in [0, 0.05) is 19.5 Å². The molecule has 1 rings (SSSR count). The van der Waals surface area contributed by atoms with E-state index in [9.17, 15) is 4.79 Å². The van der Waals surface area contributed by atoms with Gasteiger partial charge in [-0.2, -0.15) is 4.98 Å². The fourth-order valence-corrected chi connectivity index (χ4v) is 1.52. The molecule has 0 fully saturated rings. The highest BCUT2D eigenvalue weighted by atomic mass is 35.5. The predicted molar refractivity (Wildman–Crippen MR) is 72.7 cm³/mol. The van der Waals surface area contributed by atoms with E-state index >= 15 is 0 Å². The Labute approximate surface area is 111 Å². The van der Waals surface area contributed by atoms with Crippen LogP contribution < -0.4 is 16.4 Å². The number of hydrogen-bond donors (Lipinski definition) is 3. The van der Waals surface area contributed by atoms with Gasteiger partial charge in [-0.3, -0.25) is 4.79 Å². The summed E-state index contributed by atoms with van der Waals surface area (Å²) in [5, 5.41) is 6.60. The molecule has 0 aromatic carbocycles. The maximum absolute atomic E-state index is 10.6. The van der Waals surface area contributed by atoms with Crippen molar-refractivity contribution in [1.29, 1.82) is 0 Å². The molecule has 100 valence electrons. The molecular weight excluding hydrogens is 254 g/mol. The molecule has 0 saturated heterocycles. The molecule has 18 heavy (non-hydrogen) atoms. The van der Waals surface area contributed by atoms with E-state index in [-0.39, 0.29) is 5.91 Å². The number of amides is 1. The Morgan fingerprint density at radius 1 is 1.44 bits per heavy atom. The Balaban J connectivity index is 2.40. The van der Waals surface area contributed by atoms with Crippen LogP contribution in [0.5, 0.6) is 0 Å². The summed E-state index contributed by atoms with van der Waals surface area (Å²) in [4.78, 5) is 18.8. The van der Waals surface area contributed by atoms with Crippen molar-refractivity contribution in [1.82, 2.24) is 9.97 Å². The molecule has 0 bridgehead atoms. The Morgan fingerprint density at radius 2 is 2.22 bits per heavy atom. The molecule has 0 aliphatic carbocycles. The van der Waals surface area contributed by atoms with Crippen molar-refractivity contribution in [2.75, 3.05) is 23.7 Å². The zero-order valence-corrected chi connectivity index (χ0v) is 11.1. The second kappa shape index (κ2) is 7.71. The van der Waals surface area contributed by atoms with Crippen molar-refractivity contribution in [3.63, 3.8) is 0 Å². The SMILES string of the molecule is CCNc1ncc(Cl)c(NCCCCC(N)=O)n1. The molecule has 6 nitrogen and oxygen atoms in total. The van der Waals surface area contributed by atoms with Crippen molar-refractivity contribution in [3.05, 3.63) is 11.2 Å². The summed E-state index contributed by atoms with van der Waals surface area (Å²) < 4.78 is 0. The second-order valence-corrected chi connectivity index (χ2v) is 4.18. The average Bonchev–Trinajstić information content (AvgIpc) is 2.32. The summed E-state index contributed by atoms with van der Waals surface area (Å²) in [5.41, 5.74) is 5.05. The molecule has 1 amide bonds. The van der Waals surface area contributed by atoms with Crippen LogP contribution >= 0.6 is 11.6 Å². The van der Waals surface area contributed by atoms with E-state index in [0.717, 1.165) is 19.4 Å². The van der Waals surface area contributed by atoms with Gasteiger partial charge < -0.3 is 16.4 Å². The lowest BCUT2D eigenvalue weighted by atomic mass is 10.2. The predicted octanol–water partition coefficient (Wildman–Crippen LogP) is 1.63. The van der Waals surface area contributed by atoms with E-state index in [4.69, 9.17) is 17.3 Å². The van der Waals surface area contributed by atoms with Gasteiger partial charge in [-0.25, -0.2) is 4.98 Å². The molecule has 0 spiro atoms. The van der Waals surface area contributed by atoms with Gasteiger partial charge in [0.1, 0.15) is 10.8 Å². The van der Waals surface area contributed by atoms with Crippen molar-refractivity contribution < 1.29 is 4.79 Å². The number of carbonyl (C=O) groups excluding carboxylic acids is 1. The third-order valence-corrected chi connectivity index (χ3v) is 2.50. The van der Waals surface area contributed by atoms with Gasteiger partial charge in [-0.05, 0) is 19.8 Å². The van der Waals surface area contributed by atoms with Gasteiger partial charge in [0.2, 0.25) is 11.9 Å². The number of aromatic nitrogens is 2. The fraction of sp³-hybridized carbons (Fsp3) is 0.545. The monoisotopic (exact) mass is 271 g/mol. The summed E-state index contributed by atoms with van der Waals surface area (Å²) in [5.74, 6) is 0.868. The van der Waals surface area contributed by atoms with E-state index in [2.05, 4.69) is 20.6 Å². The van der Waals surface area contributed by atoms with Crippen LogP contribution in [0.15, 0.2) is 6.20 Å². The van der Waals surface area contributed by atoms with Crippen molar-refractivity contribution in [3.8, 4) is 0 Å². The van der Waals surface area contributed by atoms with Gasteiger partial charge in [-0.15, -0.1) is 0 Å². The lowest BCUT2D eigenvalue weighted by Gasteiger charge is -2.08. The van der Waals surface area contributed by atoms with Crippen LogP contribution in [0.3, 0.4) is 0 Å². The average molecular weight is 272 g/mol. The zero-order valence-electron chi connectivity index (χ0n) is 10.4. The number of nitrogens with one attached hydrogen (secondary N) is 2. The first-order chi connectivity index (χ1) is 8.63. The molecule has 1 aromatic rings. The highest BCUT2D eigenvalue weighted by molar-refractivity contribution is 6.32. The molecule has 0 aliphatic rings. The lowest BCUT2D eigenvalue weighted by Crippen LogP contribution is -2.11. The number of anilines is 2. The molecule has 0 aliphatic heterocycles. The normalized spacial score (nSPS) is 10.1. The lowest BCUT2D eigenvalue weighted by molar-refractivity contribution is -0.118. The van der Waals surface area contributed by atoms with Gasteiger partial charge in [-0.1, -0.05) is 11.6 Å². The van der Waals surface area contributed by atoms with E-state index in [0.29, 0.717) is 29.8 Å². The summed E-state index contributed by atoms with van der Waals surface area (Å²) in [7, 11) is 0. The van der Waals surface area contributed by atoms with E-state index in [1.165, 1.54) is 0 Å². The van der Waals surface area contributed by atoms with Gasteiger partial charge in [0.05, 0.1) is 6.20 Å². The van der Waals surface area contributed by atoms with Gasteiger partial charge >= 0.3 is 0 Å². The highest BCUT2D eigenvalue weighted by Crippen LogP contribution is 2.19. The molecule has 1 heterocycles. The summed E-state index contributed by atoms with van der Waals surface area (Å²) in [6, 6.07) is 0. The van der Waals surface area contributed by atoms with Crippen LogP contribution in [-0.2, 0) is 4.79 Å². The third-order valence-electron chi connectivity index (χ3n) is 2.22. The highest BCUT2D eigenvalue weighted by Gasteiger charge is 2.04. The Morgan fingerprint density at radius 3 is 2.89 bits per heavy atom. The quantitative estimate of drug-likeness (QED) is 0.625. The molecule has 4 N–H and O–H groups in total. The van der Waals surface area contributed by atoms with Crippen LogP contribution in [0.2, 0.25) is 5.02 Å². The minimum Gasteiger partial charge on any atom is -0.370 e. The number of nitrogens with zero attached hydrogens (tertiary/aromatic N) is 2. The molecule has 0 atom stereocenters. The fourth-order valence-electron chi connectivity index (χ4n) is 1.37. The standard InChI is InChI=1S/C11H18ClN5O/c1-2-14-11-16-7-8(12)10(17-11)15-6-4-3-5-9(13)18/h7H,2-6H2,1H3,(H2,13,18)(H2,14,15,16,17). The number of halogens is 1. The maximum atomic E-state index is 10.6. The molecule has 1 aromatic heterocycles. The maximum Gasteiger partial charge on any atom is 0.224 e. The number of primary amides is 1. The second-order valence-electron chi connectivity index (χ2n) is 3.77. The molecular formula is C11H18ClN5O. The minimum absolute atomic E-state index is 0.274. The summed E-state index contributed by atoms with van der Waals surface area (Å²) in [6.07, 6.45) is 3.55. The van der Waals surface area contributed by atoms with E-state index < -0.39 is 0 Å². The van der Waals surface area contributed by atoms with Crippen LogP contribution in [0, 0.1) is 0 Å². The van der Waals surface area contributed by atoms with Crippen LogP contribution in [0.4, 0.5) is 11.8 Å². The molecule has 0 saturated carbocycles. The van der Waals surface area contributed by atoms with Crippen LogP contribution in [0.25, 0.3) is 0 Å². The van der Waals surface area contributed by atoms with Crippen LogP contribution in [-0.4, -0.2) is 29.0 Å². The molecule has 7 heteroatoms. The van der Waals surface area contributed by atoms with Crippen LogP contribution in [0.1, 0.15) is 26.2 Å². The summed E-state index contributed by atoms with van der Waals surface area (Å²) >= 11 is 5.97. The summed E-state index contributed by atoms with van der Waals surface area (Å²) in [6.45, 7) is 3.41. The Hall–Kier alpha value is -1.56. The number of hydrogen-bond acceptors (Lipinski definition) is 5. The topological polar surface area (TPSA) is 92.9 Å². The van der Waals surface area contributed by atoms with E-state index in [1.807, 2.05) is 6.92 Å². The minimum atomic E-state index is -0.274. The van der Waals surface area contributed by atoms with Gasteiger partial charge in [0.15, 0.2) is 0 Å². The molecule has 0 radical (unpaired) electrons. The molecule has 0 unspecified atom stereocenters. The zero-order chi connectivity index (χ0) is 13.4. The largest absolute Gasteiger partial charge is 0.370 e. The first-order valence-corrected chi connectivity index (χ1v) is 6.30. The van der Waals surface area contributed by atoms with Crippen molar-refractivity contribution in [2.24, 2.45) is 5.73 Å². The number of nitrogens with two attached hydrogens (primary N) is 1. The number of rotatable bonds is 8. The number of unbranched alkanes of at least 4 members (excludes halogenated alkanes) is 1. The Bertz CT molecular complexity index is 399. The van der Waals surface area contributed by atoms with Crippen molar-refractivity contribution >= 4 is 29.3 Å². The van der Waals surface area contributed by atoms with E-state index in [1.54, 1.807) is 6.20 Å². The smallest absolute Gasteiger partial charge is 0.224 e. The third kappa shape index (κ3) is 5.18. The van der Waals surface area contributed by atoms with Gasteiger partial charge in [0.25, 0.3) is 0 Å².